The van der Waals surface area contributed by atoms with Gasteiger partial charge in [-0.05, 0) is 25.1 Å². The van der Waals surface area contributed by atoms with E-state index in [1.807, 2.05) is 18.2 Å². The maximum Gasteiger partial charge on any atom is 0.123 e. The number of hydrogen-bond donors (Lipinski definition) is 1. The number of rotatable bonds is 5. The molecule has 1 saturated heterocycles. The SMILES string of the molecule is COc1ccc(Cl)cc1CN1CCN(C(C)C(N)=S)CC1. The van der Waals surface area contributed by atoms with Crippen LogP contribution in [-0.2, 0) is 6.54 Å². The zero-order chi connectivity index (χ0) is 15.4. The van der Waals surface area contributed by atoms with Crippen molar-refractivity contribution in [1.29, 1.82) is 0 Å². The Hall–Kier alpha value is -0.880. The lowest BCUT2D eigenvalue weighted by molar-refractivity contribution is 0.117. The van der Waals surface area contributed by atoms with Crippen LogP contribution in [0.1, 0.15) is 12.5 Å². The van der Waals surface area contributed by atoms with Crippen LogP contribution in [0.3, 0.4) is 0 Å². The van der Waals surface area contributed by atoms with E-state index >= 15 is 0 Å². The number of piperazine rings is 1. The molecule has 1 aromatic carbocycles. The molecular weight excluding hydrogens is 306 g/mol. The van der Waals surface area contributed by atoms with Crippen LogP contribution < -0.4 is 10.5 Å². The van der Waals surface area contributed by atoms with Gasteiger partial charge < -0.3 is 10.5 Å². The lowest BCUT2D eigenvalue weighted by Crippen LogP contribution is -2.52. The number of nitrogens with zero attached hydrogens (tertiary/aromatic N) is 2. The number of halogens is 1. The van der Waals surface area contributed by atoms with Crippen molar-refractivity contribution < 1.29 is 4.74 Å². The van der Waals surface area contributed by atoms with Gasteiger partial charge in [0.2, 0.25) is 0 Å². The quantitative estimate of drug-likeness (QED) is 0.839. The third-order valence-corrected chi connectivity index (χ3v) is 4.58. The van der Waals surface area contributed by atoms with Gasteiger partial charge in [-0.25, -0.2) is 0 Å². The number of thiocarbonyl (C=S) groups is 1. The Kier molecular flexibility index (Phi) is 5.81. The van der Waals surface area contributed by atoms with E-state index in [1.54, 1.807) is 7.11 Å². The standard InChI is InChI=1S/C15H22ClN3OS/c1-11(15(17)21)19-7-5-18(6-8-19)10-12-9-13(16)3-4-14(12)20-2/h3-4,9,11H,5-8,10H2,1-2H3,(H2,17,21). The predicted molar refractivity (Wildman–Crippen MR) is 91.1 cm³/mol. The summed E-state index contributed by atoms with van der Waals surface area (Å²) in [5, 5.41) is 0.742. The Morgan fingerprint density at radius 3 is 2.62 bits per heavy atom. The normalized spacial score (nSPS) is 18.4. The van der Waals surface area contributed by atoms with Crippen LogP contribution in [0.15, 0.2) is 18.2 Å². The van der Waals surface area contributed by atoms with E-state index in [9.17, 15) is 0 Å². The van der Waals surface area contributed by atoms with E-state index in [1.165, 1.54) is 0 Å². The fraction of sp³-hybridized carbons (Fsp3) is 0.533. The molecule has 1 atom stereocenters. The van der Waals surface area contributed by atoms with Crippen molar-refractivity contribution in [2.45, 2.75) is 19.5 Å². The van der Waals surface area contributed by atoms with E-state index in [0.29, 0.717) is 4.99 Å². The molecule has 0 saturated carbocycles. The first-order valence-corrected chi connectivity index (χ1v) is 7.88. The predicted octanol–water partition coefficient (Wildman–Crippen LogP) is 2.14. The molecule has 6 heteroatoms. The molecule has 0 radical (unpaired) electrons. The highest BCUT2D eigenvalue weighted by Gasteiger charge is 2.23. The monoisotopic (exact) mass is 327 g/mol. The largest absolute Gasteiger partial charge is 0.496 e. The summed E-state index contributed by atoms with van der Waals surface area (Å²) in [5.74, 6) is 0.887. The average Bonchev–Trinajstić information content (AvgIpc) is 2.47. The van der Waals surface area contributed by atoms with E-state index in [0.717, 1.165) is 49.1 Å². The first kappa shape index (κ1) is 16.5. The molecule has 2 N–H and O–H groups in total. The molecule has 21 heavy (non-hydrogen) atoms. The Balaban J connectivity index is 1.95. The molecule has 1 aromatic rings. The second kappa shape index (κ2) is 7.40. The Bertz CT molecular complexity index is 504. The molecule has 0 spiro atoms. The van der Waals surface area contributed by atoms with Crippen molar-refractivity contribution in [3.63, 3.8) is 0 Å². The van der Waals surface area contributed by atoms with Gasteiger partial charge in [0.05, 0.1) is 18.1 Å². The Morgan fingerprint density at radius 1 is 1.38 bits per heavy atom. The molecule has 2 rings (SSSR count). The van der Waals surface area contributed by atoms with Crippen molar-refractivity contribution >= 4 is 28.8 Å². The second-order valence-electron chi connectivity index (χ2n) is 5.35. The second-order valence-corrected chi connectivity index (χ2v) is 6.25. The highest BCUT2D eigenvalue weighted by molar-refractivity contribution is 7.80. The van der Waals surface area contributed by atoms with Crippen molar-refractivity contribution in [3.05, 3.63) is 28.8 Å². The van der Waals surface area contributed by atoms with Gasteiger partial charge in [-0.3, -0.25) is 9.80 Å². The Morgan fingerprint density at radius 2 is 2.05 bits per heavy atom. The number of ether oxygens (including phenoxy) is 1. The van der Waals surface area contributed by atoms with Gasteiger partial charge >= 0.3 is 0 Å². The minimum Gasteiger partial charge on any atom is -0.496 e. The van der Waals surface area contributed by atoms with Crippen molar-refractivity contribution in [1.82, 2.24) is 9.80 Å². The summed E-state index contributed by atoms with van der Waals surface area (Å²) in [6.07, 6.45) is 0. The molecule has 116 valence electrons. The van der Waals surface area contributed by atoms with Crippen LogP contribution in [0.2, 0.25) is 5.02 Å². The maximum absolute atomic E-state index is 6.08. The highest BCUT2D eigenvalue weighted by Crippen LogP contribution is 2.24. The van der Waals surface area contributed by atoms with E-state index in [2.05, 4.69) is 16.7 Å². The third kappa shape index (κ3) is 4.30. The first-order valence-electron chi connectivity index (χ1n) is 7.09. The average molecular weight is 328 g/mol. The van der Waals surface area contributed by atoms with Gasteiger partial charge in [0.15, 0.2) is 0 Å². The summed E-state index contributed by atoms with van der Waals surface area (Å²) in [5.41, 5.74) is 6.85. The minimum absolute atomic E-state index is 0.169. The van der Waals surface area contributed by atoms with Crippen LogP contribution in [-0.4, -0.2) is 54.1 Å². The van der Waals surface area contributed by atoms with Crippen LogP contribution in [0, 0.1) is 0 Å². The molecule has 0 amide bonds. The molecule has 1 unspecified atom stereocenters. The molecule has 1 aliphatic heterocycles. The smallest absolute Gasteiger partial charge is 0.123 e. The third-order valence-electron chi connectivity index (χ3n) is 4.00. The zero-order valence-electron chi connectivity index (χ0n) is 12.5. The Labute approximate surface area is 136 Å². The summed E-state index contributed by atoms with van der Waals surface area (Å²) >= 11 is 11.2. The maximum atomic E-state index is 6.08. The fourth-order valence-electron chi connectivity index (χ4n) is 2.60. The van der Waals surface area contributed by atoms with Gasteiger partial charge in [-0.2, -0.15) is 0 Å². The number of hydrogen-bond acceptors (Lipinski definition) is 4. The van der Waals surface area contributed by atoms with Crippen LogP contribution in [0.25, 0.3) is 0 Å². The molecule has 0 bridgehead atoms. The lowest BCUT2D eigenvalue weighted by Gasteiger charge is -2.37. The van der Waals surface area contributed by atoms with Crippen molar-refractivity contribution in [2.75, 3.05) is 33.3 Å². The van der Waals surface area contributed by atoms with Gasteiger partial charge in [0.25, 0.3) is 0 Å². The van der Waals surface area contributed by atoms with Gasteiger partial charge in [0, 0.05) is 43.3 Å². The lowest BCUT2D eigenvalue weighted by atomic mass is 10.1. The van der Waals surface area contributed by atoms with Crippen LogP contribution in [0.5, 0.6) is 5.75 Å². The molecule has 0 aliphatic carbocycles. The summed E-state index contributed by atoms with van der Waals surface area (Å²) in [4.78, 5) is 5.30. The summed E-state index contributed by atoms with van der Waals surface area (Å²) in [6.45, 7) is 6.84. The number of nitrogens with two attached hydrogens (primary N) is 1. The van der Waals surface area contributed by atoms with Gasteiger partial charge in [-0.1, -0.05) is 23.8 Å². The fourth-order valence-corrected chi connectivity index (χ4v) is 2.94. The van der Waals surface area contributed by atoms with Gasteiger partial charge in [-0.15, -0.1) is 0 Å². The summed E-state index contributed by atoms with van der Waals surface area (Å²) in [7, 11) is 1.69. The van der Waals surface area contributed by atoms with E-state index in [4.69, 9.17) is 34.3 Å². The molecule has 4 nitrogen and oxygen atoms in total. The summed E-state index contributed by atoms with van der Waals surface area (Å²) in [6, 6.07) is 5.92. The molecule has 1 fully saturated rings. The minimum atomic E-state index is 0.169. The van der Waals surface area contributed by atoms with Crippen molar-refractivity contribution in [3.8, 4) is 5.75 Å². The summed E-state index contributed by atoms with van der Waals surface area (Å²) < 4.78 is 5.40. The van der Waals surface area contributed by atoms with E-state index < -0.39 is 0 Å². The molecule has 1 aliphatic rings. The zero-order valence-corrected chi connectivity index (χ0v) is 14.1. The highest BCUT2D eigenvalue weighted by atomic mass is 35.5. The molecule has 1 heterocycles. The first-order chi connectivity index (χ1) is 10.0. The van der Waals surface area contributed by atoms with Crippen LogP contribution in [0.4, 0.5) is 0 Å². The number of benzene rings is 1. The topological polar surface area (TPSA) is 41.7 Å². The van der Waals surface area contributed by atoms with E-state index in [-0.39, 0.29) is 6.04 Å². The molecule has 0 aromatic heterocycles. The van der Waals surface area contributed by atoms with Gasteiger partial charge in [0.1, 0.15) is 5.75 Å². The number of methoxy groups -OCH3 is 1. The molecular formula is C15H22ClN3OS. The van der Waals surface area contributed by atoms with Crippen LogP contribution >= 0.6 is 23.8 Å². The van der Waals surface area contributed by atoms with Crippen molar-refractivity contribution in [2.24, 2.45) is 5.73 Å².